The Morgan fingerprint density at radius 3 is 3.00 bits per heavy atom. The van der Waals surface area contributed by atoms with Gasteiger partial charge in [0.1, 0.15) is 0 Å². The first-order chi connectivity index (χ1) is 6.52. The van der Waals surface area contributed by atoms with Gasteiger partial charge >= 0.3 is 0 Å². The molecule has 0 aromatic carbocycles. The minimum atomic E-state index is -0.610. The summed E-state index contributed by atoms with van der Waals surface area (Å²) in [6.45, 7) is 0. The fourth-order valence-corrected chi connectivity index (χ4v) is 0.758. The predicted molar refractivity (Wildman–Crippen MR) is 38.9 cm³/mol. The van der Waals surface area contributed by atoms with E-state index in [1.54, 1.807) is 0 Å². The van der Waals surface area contributed by atoms with Gasteiger partial charge in [-0.05, 0) is 12.1 Å². The number of H-pyrrole nitrogens is 2. The molecule has 0 atom stereocenters. The van der Waals surface area contributed by atoms with Crippen molar-refractivity contribution in [3.8, 4) is 0 Å². The molecule has 3 nitrogen and oxygen atoms in total. The molecule has 10 heavy (non-hydrogen) atoms. The Hall–Kier alpha value is -1.51. The number of hydrogen-bond donors (Lipinski definition) is 2. The molecule has 0 saturated carbocycles. The fourth-order valence-electron chi connectivity index (χ4n) is 0.758. The lowest BCUT2D eigenvalue weighted by molar-refractivity contribution is 1.27. The molecule has 2 aromatic rings. The third-order valence-corrected chi connectivity index (χ3v) is 1.22. The Balaban J connectivity index is 3.10. The minimum Gasteiger partial charge on any atom is -0.361 e. The number of fused-ring (bicyclic) bond motifs is 1. The lowest BCUT2D eigenvalue weighted by atomic mass is 10.3. The molecule has 2 N–H and O–H groups in total. The third-order valence-electron chi connectivity index (χ3n) is 1.22. The molecule has 0 radical (unpaired) electrons. The van der Waals surface area contributed by atoms with Gasteiger partial charge in [-0.3, -0.25) is 4.79 Å². The largest absolute Gasteiger partial charge is 0.361 e. The zero-order chi connectivity index (χ0) is 10.5. The number of hydrogen-bond acceptors (Lipinski definition) is 1. The van der Waals surface area contributed by atoms with E-state index in [1.807, 2.05) is 0 Å². The topological polar surface area (TPSA) is 48.6 Å². The molecule has 2 heterocycles. The molecule has 0 bridgehead atoms. The Morgan fingerprint density at radius 2 is 2.10 bits per heavy atom. The average Bonchev–Trinajstić information content (AvgIpc) is 2.40. The summed E-state index contributed by atoms with van der Waals surface area (Å²) in [6.07, 6.45) is -0.534. The van der Waals surface area contributed by atoms with Crippen molar-refractivity contribution >= 4 is 10.9 Å². The SMILES string of the molecule is [2H]c1[nH]c(=O)c2c([2H])c([2H])[nH]c2c1[2H]. The Morgan fingerprint density at radius 1 is 1.30 bits per heavy atom. The summed E-state index contributed by atoms with van der Waals surface area (Å²) >= 11 is 0. The molecular weight excluding hydrogens is 128 g/mol. The Bertz CT molecular complexity index is 571. The number of rotatable bonds is 0. The van der Waals surface area contributed by atoms with Crippen LogP contribution in [0.5, 0.6) is 0 Å². The molecule has 50 valence electrons. The summed E-state index contributed by atoms with van der Waals surface area (Å²) in [5.41, 5.74) is -0.533. The molecule has 0 saturated heterocycles. The predicted octanol–water partition coefficient (Wildman–Crippen LogP) is 0.856. The monoisotopic (exact) mass is 138 g/mol. The number of pyridine rings is 1. The molecular formula is C7H6N2O. The lowest BCUT2D eigenvalue weighted by Crippen LogP contribution is -2.02. The van der Waals surface area contributed by atoms with Gasteiger partial charge < -0.3 is 9.97 Å². The van der Waals surface area contributed by atoms with Crippen molar-refractivity contribution < 1.29 is 5.48 Å². The van der Waals surface area contributed by atoms with Crippen molar-refractivity contribution in [2.75, 3.05) is 0 Å². The van der Waals surface area contributed by atoms with E-state index in [2.05, 4.69) is 9.97 Å². The quantitative estimate of drug-likeness (QED) is 0.557. The number of aromatic amines is 2. The molecule has 0 fully saturated rings. The second kappa shape index (κ2) is 1.73. The highest BCUT2D eigenvalue weighted by Gasteiger charge is 1.94. The summed E-state index contributed by atoms with van der Waals surface area (Å²) in [4.78, 5) is 15.9. The minimum absolute atomic E-state index is 0.0315. The Kier molecular flexibility index (Phi) is 0.454. The molecule has 0 spiro atoms. The van der Waals surface area contributed by atoms with Crippen molar-refractivity contribution in [3.05, 3.63) is 34.8 Å². The van der Waals surface area contributed by atoms with Crippen molar-refractivity contribution in [2.45, 2.75) is 0 Å². The summed E-state index contributed by atoms with van der Waals surface area (Å²) < 4.78 is 29.3. The molecule has 3 heteroatoms. The van der Waals surface area contributed by atoms with Crippen LogP contribution < -0.4 is 5.56 Å². The molecule has 0 amide bonds. The van der Waals surface area contributed by atoms with Gasteiger partial charge in [-0.2, -0.15) is 0 Å². The summed E-state index contributed by atoms with van der Waals surface area (Å²) in [6, 6.07) is -0.443. The van der Waals surface area contributed by atoms with E-state index < -0.39 is 5.56 Å². The van der Waals surface area contributed by atoms with Crippen LogP contribution in [0.2, 0.25) is 0 Å². The summed E-state index contributed by atoms with van der Waals surface area (Å²) in [5.74, 6) is 0. The van der Waals surface area contributed by atoms with E-state index in [9.17, 15) is 4.79 Å². The lowest BCUT2D eigenvalue weighted by Gasteiger charge is -1.84. The summed E-state index contributed by atoms with van der Waals surface area (Å²) in [7, 11) is 0. The van der Waals surface area contributed by atoms with Gasteiger partial charge in [-0.15, -0.1) is 0 Å². The maximum Gasteiger partial charge on any atom is 0.257 e. The van der Waals surface area contributed by atoms with Crippen molar-refractivity contribution in [2.24, 2.45) is 0 Å². The van der Waals surface area contributed by atoms with Crippen molar-refractivity contribution in [3.63, 3.8) is 0 Å². The first-order valence-electron chi connectivity index (χ1n) is 4.70. The van der Waals surface area contributed by atoms with E-state index in [0.717, 1.165) is 0 Å². The van der Waals surface area contributed by atoms with Crippen LogP contribution in [0, 0.1) is 0 Å². The highest BCUT2D eigenvalue weighted by atomic mass is 16.1. The van der Waals surface area contributed by atoms with E-state index in [-0.39, 0.29) is 35.3 Å². The average molecular weight is 138 g/mol. The second-order valence-corrected chi connectivity index (χ2v) is 1.83. The number of aromatic nitrogens is 2. The van der Waals surface area contributed by atoms with E-state index in [0.29, 0.717) is 0 Å². The van der Waals surface area contributed by atoms with Crippen LogP contribution in [0.3, 0.4) is 0 Å². The van der Waals surface area contributed by atoms with Crippen LogP contribution >= 0.6 is 0 Å². The van der Waals surface area contributed by atoms with Crippen LogP contribution in [0.15, 0.2) is 29.2 Å². The molecule has 2 aromatic heterocycles. The zero-order valence-corrected chi connectivity index (χ0v) is 4.91. The second-order valence-electron chi connectivity index (χ2n) is 1.83. The number of nitrogens with one attached hydrogen (secondary N) is 2. The van der Waals surface area contributed by atoms with Crippen LogP contribution in [-0.4, -0.2) is 9.97 Å². The first-order valence-corrected chi connectivity index (χ1v) is 2.70. The maximum absolute atomic E-state index is 11.3. The van der Waals surface area contributed by atoms with Gasteiger partial charge in [0.15, 0.2) is 0 Å². The molecule has 0 aliphatic heterocycles. The standard InChI is InChI=1S/C7H6N2O/c10-7-5-1-3-8-6(5)2-4-9-7/h1-4,8H,(H,9,10)/i1D,2D,3D,4D. The van der Waals surface area contributed by atoms with Crippen molar-refractivity contribution in [1.82, 2.24) is 9.97 Å². The van der Waals surface area contributed by atoms with Crippen LogP contribution in [0.25, 0.3) is 10.9 Å². The van der Waals surface area contributed by atoms with Crippen LogP contribution in [0.1, 0.15) is 5.48 Å². The van der Waals surface area contributed by atoms with Crippen LogP contribution in [0.4, 0.5) is 0 Å². The molecule has 2 rings (SSSR count). The van der Waals surface area contributed by atoms with Gasteiger partial charge in [-0.25, -0.2) is 0 Å². The van der Waals surface area contributed by atoms with Crippen molar-refractivity contribution in [1.29, 1.82) is 0 Å². The van der Waals surface area contributed by atoms with Gasteiger partial charge in [0.05, 0.1) is 16.4 Å². The van der Waals surface area contributed by atoms with E-state index >= 15 is 0 Å². The highest BCUT2D eigenvalue weighted by molar-refractivity contribution is 5.77. The smallest absolute Gasteiger partial charge is 0.257 e. The first kappa shape index (κ1) is 2.62. The summed E-state index contributed by atoms with van der Waals surface area (Å²) in [5, 5.41) is -0.0315. The van der Waals surface area contributed by atoms with Gasteiger partial charge in [0, 0.05) is 12.3 Å². The zero-order valence-electron chi connectivity index (χ0n) is 8.91. The van der Waals surface area contributed by atoms with Gasteiger partial charge in [0.25, 0.3) is 5.56 Å². The molecule has 0 aliphatic rings. The molecule has 0 unspecified atom stereocenters. The van der Waals surface area contributed by atoms with E-state index in [1.165, 1.54) is 0 Å². The van der Waals surface area contributed by atoms with E-state index in [4.69, 9.17) is 5.48 Å². The Labute approximate surface area is 62.3 Å². The van der Waals surface area contributed by atoms with Gasteiger partial charge in [-0.1, -0.05) is 0 Å². The normalized spacial score (nSPS) is 16.0. The van der Waals surface area contributed by atoms with Crippen LogP contribution in [-0.2, 0) is 0 Å². The fraction of sp³-hybridized carbons (Fsp3) is 0. The highest BCUT2D eigenvalue weighted by Crippen LogP contribution is 2.02. The molecule has 0 aliphatic carbocycles. The maximum atomic E-state index is 11.3. The van der Waals surface area contributed by atoms with Gasteiger partial charge in [0.2, 0.25) is 0 Å². The third kappa shape index (κ3) is 0.572.